The Balaban J connectivity index is 1.91. The Morgan fingerprint density at radius 3 is 3.00 bits per heavy atom. The van der Waals surface area contributed by atoms with Crippen LogP contribution >= 0.6 is 0 Å². The van der Waals surface area contributed by atoms with E-state index in [0.717, 1.165) is 31.3 Å². The first-order chi connectivity index (χ1) is 9.78. The van der Waals surface area contributed by atoms with Crippen LogP contribution in [0.4, 0.5) is 5.69 Å². The first kappa shape index (κ1) is 13.7. The molecule has 110 valence electrons. The fourth-order valence-electron chi connectivity index (χ4n) is 3.69. The van der Waals surface area contributed by atoms with E-state index in [4.69, 9.17) is 4.74 Å². The maximum Gasteiger partial charge on any atom is 0.120 e. The molecule has 1 N–H and O–H groups in total. The van der Waals surface area contributed by atoms with Crippen molar-refractivity contribution in [1.29, 1.82) is 0 Å². The summed E-state index contributed by atoms with van der Waals surface area (Å²) in [6.07, 6.45) is 5.43. The lowest BCUT2D eigenvalue weighted by Crippen LogP contribution is -2.41. The SMILES string of the molecule is COc1ccc2c(c1)N(C1CCCC(C)C1)CCNC2. The normalized spacial score (nSPS) is 26.8. The number of anilines is 1. The largest absolute Gasteiger partial charge is 0.497 e. The van der Waals surface area contributed by atoms with Gasteiger partial charge in [-0.3, -0.25) is 0 Å². The summed E-state index contributed by atoms with van der Waals surface area (Å²) >= 11 is 0. The molecule has 0 aromatic heterocycles. The van der Waals surface area contributed by atoms with Crippen molar-refractivity contribution in [3.63, 3.8) is 0 Å². The molecular formula is C17H26N2O. The van der Waals surface area contributed by atoms with Gasteiger partial charge < -0.3 is 15.0 Å². The number of methoxy groups -OCH3 is 1. The Labute approximate surface area is 122 Å². The highest BCUT2D eigenvalue weighted by Crippen LogP contribution is 2.34. The molecule has 2 aliphatic rings. The third kappa shape index (κ3) is 2.78. The molecule has 0 radical (unpaired) electrons. The van der Waals surface area contributed by atoms with Crippen LogP contribution in [0.2, 0.25) is 0 Å². The standard InChI is InChI=1S/C17H26N2O/c1-13-4-3-5-15(10-13)19-9-8-18-12-14-6-7-16(20-2)11-17(14)19/h6-7,11,13,15,18H,3-5,8-10,12H2,1-2H3. The van der Waals surface area contributed by atoms with Gasteiger partial charge in [0, 0.05) is 37.4 Å². The molecule has 20 heavy (non-hydrogen) atoms. The molecule has 0 bridgehead atoms. The first-order valence-corrected chi connectivity index (χ1v) is 7.92. The zero-order chi connectivity index (χ0) is 13.9. The molecule has 0 saturated heterocycles. The Bertz CT molecular complexity index is 460. The predicted octanol–water partition coefficient (Wildman–Crippen LogP) is 3.18. The topological polar surface area (TPSA) is 24.5 Å². The lowest BCUT2D eigenvalue weighted by Gasteiger charge is -2.38. The van der Waals surface area contributed by atoms with Crippen LogP contribution in [0.3, 0.4) is 0 Å². The van der Waals surface area contributed by atoms with Crippen LogP contribution < -0.4 is 15.0 Å². The average Bonchev–Trinajstić information content (AvgIpc) is 2.68. The van der Waals surface area contributed by atoms with Crippen molar-refractivity contribution in [3.8, 4) is 5.75 Å². The second-order valence-electron chi connectivity index (χ2n) is 6.29. The Hall–Kier alpha value is -1.22. The van der Waals surface area contributed by atoms with E-state index < -0.39 is 0 Å². The Kier molecular flexibility index (Phi) is 4.16. The molecule has 1 saturated carbocycles. The molecular weight excluding hydrogens is 248 g/mol. The second-order valence-corrected chi connectivity index (χ2v) is 6.29. The summed E-state index contributed by atoms with van der Waals surface area (Å²) in [5.41, 5.74) is 2.79. The maximum atomic E-state index is 5.43. The number of nitrogens with zero attached hydrogens (tertiary/aromatic N) is 1. The van der Waals surface area contributed by atoms with Gasteiger partial charge in [0.1, 0.15) is 5.75 Å². The van der Waals surface area contributed by atoms with E-state index in [-0.39, 0.29) is 0 Å². The monoisotopic (exact) mass is 274 g/mol. The molecule has 3 heteroatoms. The smallest absolute Gasteiger partial charge is 0.120 e. The zero-order valence-corrected chi connectivity index (χ0v) is 12.7. The van der Waals surface area contributed by atoms with E-state index >= 15 is 0 Å². The van der Waals surface area contributed by atoms with E-state index in [0.29, 0.717) is 6.04 Å². The number of ether oxygens (including phenoxy) is 1. The minimum atomic E-state index is 0.699. The quantitative estimate of drug-likeness (QED) is 0.896. The molecule has 1 heterocycles. The highest BCUT2D eigenvalue weighted by atomic mass is 16.5. The maximum absolute atomic E-state index is 5.43. The molecule has 1 fully saturated rings. The van der Waals surface area contributed by atoms with Crippen molar-refractivity contribution in [2.75, 3.05) is 25.1 Å². The Morgan fingerprint density at radius 1 is 1.30 bits per heavy atom. The van der Waals surface area contributed by atoms with Crippen molar-refractivity contribution in [2.45, 2.75) is 45.2 Å². The first-order valence-electron chi connectivity index (χ1n) is 7.92. The van der Waals surface area contributed by atoms with Crippen molar-refractivity contribution in [1.82, 2.24) is 5.32 Å². The van der Waals surface area contributed by atoms with Crippen molar-refractivity contribution in [3.05, 3.63) is 23.8 Å². The van der Waals surface area contributed by atoms with Crippen molar-refractivity contribution in [2.24, 2.45) is 5.92 Å². The molecule has 1 aromatic carbocycles. The van der Waals surface area contributed by atoms with Crippen LogP contribution in [0, 0.1) is 5.92 Å². The van der Waals surface area contributed by atoms with Gasteiger partial charge in [-0.05, 0) is 30.4 Å². The van der Waals surface area contributed by atoms with Crippen LogP contribution in [0.25, 0.3) is 0 Å². The minimum absolute atomic E-state index is 0.699. The third-order valence-electron chi connectivity index (χ3n) is 4.80. The molecule has 0 amide bonds. The summed E-state index contributed by atoms with van der Waals surface area (Å²) in [7, 11) is 1.75. The number of hydrogen-bond acceptors (Lipinski definition) is 3. The molecule has 0 spiro atoms. The van der Waals surface area contributed by atoms with Crippen LogP contribution in [-0.2, 0) is 6.54 Å². The van der Waals surface area contributed by atoms with Crippen molar-refractivity contribution < 1.29 is 4.74 Å². The highest BCUT2D eigenvalue weighted by molar-refractivity contribution is 5.58. The molecule has 3 nitrogen and oxygen atoms in total. The number of hydrogen-bond donors (Lipinski definition) is 1. The van der Waals surface area contributed by atoms with Gasteiger partial charge in [0.15, 0.2) is 0 Å². The minimum Gasteiger partial charge on any atom is -0.497 e. The molecule has 3 rings (SSSR count). The number of nitrogens with one attached hydrogen (secondary N) is 1. The molecule has 1 aliphatic carbocycles. The lowest BCUT2D eigenvalue weighted by atomic mass is 9.86. The fourth-order valence-corrected chi connectivity index (χ4v) is 3.69. The second kappa shape index (κ2) is 6.04. The molecule has 1 aromatic rings. The highest BCUT2D eigenvalue weighted by Gasteiger charge is 2.27. The van der Waals surface area contributed by atoms with E-state index in [1.807, 2.05) is 0 Å². The predicted molar refractivity (Wildman–Crippen MR) is 83.5 cm³/mol. The summed E-state index contributed by atoms with van der Waals surface area (Å²) in [5.74, 6) is 1.83. The Morgan fingerprint density at radius 2 is 2.20 bits per heavy atom. The van der Waals surface area contributed by atoms with Gasteiger partial charge in [0.2, 0.25) is 0 Å². The van der Waals surface area contributed by atoms with E-state index in [9.17, 15) is 0 Å². The van der Waals surface area contributed by atoms with Gasteiger partial charge >= 0.3 is 0 Å². The van der Waals surface area contributed by atoms with E-state index in [1.165, 1.54) is 36.9 Å². The van der Waals surface area contributed by atoms with Crippen LogP contribution in [0.5, 0.6) is 5.75 Å². The summed E-state index contributed by atoms with van der Waals surface area (Å²) in [4.78, 5) is 2.63. The number of rotatable bonds is 2. The molecule has 2 unspecified atom stereocenters. The summed E-state index contributed by atoms with van der Waals surface area (Å²) in [6.45, 7) is 5.55. The van der Waals surface area contributed by atoms with Gasteiger partial charge in [0.25, 0.3) is 0 Å². The van der Waals surface area contributed by atoms with Gasteiger partial charge in [-0.2, -0.15) is 0 Å². The van der Waals surface area contributed by atoms with Crippen LogP contribution in [-0.4, -0.2) is 26.2 Å². The third-order valence-corrected chi connectivity index (χ3v) is 4.80. The summed E-state index contributed by atoms with van der Waals surface area (Å²) in [6, 6.07) is 7.21. The molecule has 2 atom stereocenters. The lowest BCUT2D eigenvalue weighted by molar-refractivity contribution is 0.329. The van der Waals surface area contributed by atoms with Gasteiger partial charge in [-0.25, -0.2) is 0 Å². The van der Waals surface area contributed by atoms with Gasteiger partial charge in [-0.15, -0.1) is 0 Å². The van der Waals surface area contributed by atoms with Crippen molar-refractivity contribution >= 4 is 5.69 Å². The van der Waals surface area contributed by atoms with Gasteiger partial charge in [0.05, 0.1) is 7.11 Å². The van der Waals surface area contributed by atoms with E-state index in [2.05, 4.69) is 35.3 Å². The number of fused-ring (bicyclic) bond motifs is 1. The van der Waals surface area contributed by atoms with Gasteiger partial charge in [-0.1, -0.05) is 25.8 Å². The summed E-state index contributed by atoms with van der Waals surface area (Å²) < 4.78 is 5.43. The summed E-state index contributed by atoms with van der Waals surface area (Å²) in [5, 5.41) is 3.54. The zero-order valence-electron chi connectivity index (χ0n) is 12.7. The molecule has 1 aliphatic heterocycles. The van der Waals surface area contributed by atoms with Crippen LogP contribution in [0.15, 0.2) is 18.2 Å². The number of benzene rings is 1. The van der Waals surface area contributed by atoms with Crippen LogP contribution in [0.1, 0.15) is 38.2 Å². The fraction of sp³-hybridized carbons (Fsp3) is 0.647. The average molecular weight is 274 g/mol. The van der Waals surface area contributed by atoms with E-state index in [1.54, 1.807) is 7.11 Å².